The fraction of sp³-hybridized carbons (Fsp3) is 0.429. The molecule has 7 heteroatoms. The zero-order chi connectivity index (χ0) is 16.0. The van der Waals surface area contributed by atoms with Gasteiger partial charge in [0, 0.05) is 12.1 Å². The van der Waals surface area contributed by atoms with E-state index in [9.17, 15) is 22.8 Å². The van der Waals surface area contributed by atoms with Crippen LogP contribution in [0.2, 0.25) is 0 Å². The molecule has 2 N–H and O–H groups in total. The third-order valence-corrected chi connectivity index (χ3v) is 2.76. The second-order valence-electron chi connectivity index (χ2n) is 4.56. The number of alkyl halides is 3. The molecule has 1 aromatic rings. The second kappa shape index (κ2) is 7.10. The molecule has 0 heterocycles. The molecule has 0 aliphatic heterocycles. The first-order valence-corrected chi connectivity index (χ1v) is 6.51. The number of carbonyl (C=O) groups excluding carboxylic acids is 2. The van der Waals surface area contributed by atoms with Gasteiger partial charge in [0.05, 0.1) is 5.56 Å². The predicted octanol–water partition coefficient (Wildman–Crippen LogP) is 2.35. The number of halogens is 3. The number of nitrogens with one attached hydrogen (secondary N) is 2. The SMILES string of the molecule is CCCNC(=O)[C@H](C)NC(=O)c1ccc(C(F)(F)F)cc1. The van der Waals surface area contributed by atoms with Crippen LogP contribution in [-0.4, -0.2) is 24.4 Å². The Morgan fingerprint density at radius 2 is 1.76 bits per heavy atom. The monoisotopic (exact) mass is 302 g/mol. The molecule has 0 spiro atoms. The van der Waals surface area contributed by atoms with Crippen LogP contribution in [-0.2, 0) is 11.0 Å². The largest absolute Gasteiger partial charge is 0.416 e. The van der Waals surface area contributed by atoms with E-state index in [0.717, 1.165) is 30.7 Å². The summed E-state index contributed by atoms with van der Waals surface area (Å²) in [7, 11) is 0. The van der Waals surface area contributed by atoms with Gasteiger partial charge in [-0.1, -0.05) is 6.92 Å². The highest BCUT2D eigenvalue weighted by Crippen LogP contribution is 2.29. The summed E-state index contributed by atoms with van der Waals surface area (Å²) in [4.78, 5) is 23.4. The van der Waals surface area contributed by atoms with Crippen molar-refractivity contribution in [3.8, 4) is 0 Å². The van der Waals surface area contributed by atoms with E-state index in [1.807, 2.05) is 6.92 Å². The summed E-state index contributed by atoms with van der Waals surface area (Å²) in [6, 6.07) is 3.06. The average Bonchev–Trinajstić information content (AvgIpc) is 2.43. The van der Waals surface area contributed by atoms with Crippen LogP contribution in [0.5, 0.6) is 0 Å². The van der Waals surface area contributed by atoms with Crippen LogP contribution in [0.15, 0.2) is 24.3 Å². The van der Waals surface area contributed by atoms with Crippen LogP contribution in [0.4, 0.5) is 13.2 Å². The van der Waals surface area contributed by atoms with Gasteiger partial charge in [0.1, 0.15) is 6.04 Å². The van der Waals surface area contributed by atoms with Crippen molar-refractivity contribution in [2.24, 2.45) is 0 Å². The molecule has 4 nitrogen and oxygen atoms in total. The molecular weight excluding hydrogens is 285 g/mol. The molecule has 0 fully saturated rings. The Hall–Kier alpha value is -2.05. The molecule has 116 valence electrons. The number of carbonyl (C=O) groups is 2. The Balaban J connectivity index is 2.65. The van der Waals surface area contributed by atoms with E-state index < -0.39 is 23.7 Å². The molecule has 0 radical (unpaired) electrons. The van der Waals surface area contributed by atoms with E-state index in [1.54, 1.807) is 0 Å². The third kappa shape index (κ3) is 5.09. The first-order chi connectivity index (χ1) is 9.75. The van der Waals surface area contributed by atoms with E-state index in [-0.39, 0.29) is 11.5 Å². The van der Waals surface area contributed by atoms with Gasteiger partial charge < -0.3 is 10.6 Å². The maximum absolute atomic E-state index is 12.4. The molecule has 0 unspecified atom stereocenters. The van der Waals surface area contributed by atoms with Gasteiger partial charge in [-0.15, -0.1) is 0 Å². The average molecular weight is 302 g/mol. The quantitative estimate of drug-likeness (QED) is 0.877. The van der Waals surface area contributed by atoms with E-state index in [0.29, 0.717) is 6.54 Å². The second-order valence-corrected chi connectivity index (χ2v) is 4.56. The van der Waals surface area contributed by atoms with Gasteiger partial charge in [-0.25, -0.2) is 0 Å². The van der Waals surface area contributed by atoms with E-state index in [4.69, 9.17) is 0 Å². The maximum atomic E-state index is 12.4. The third-order valence-electron chi connectivity index (χ3n) is 2.76. The van der Waals surface area contributed by atoms with Crippen molar-refractivity contribution in [3.63, 3.8) is 0 Å². The fourth-order valence-corrected chi connectivity index (χ4v) is 1.56. The summed E-state index contributed by atoms with van der Waals surface area (Å²) < 4.78 is 37.2. The minimum atomic E-state index is -4.44. The van der Waals surface area contributed by atoms with Crippen molar-refractivity contribution < 1.29 is 22.8 Å². The van der Waals surface area contributed by atoms with Gasteiger partial charge in [-0.2, -0.15) is 13.2 Å². The molecule has 0 saturated carbocycles. The van der Waals surface area contributed by atoms with Crippen LogP contribution in [0.3, 0.4) is 0 Å². The van der Waals surface area contributed by atoms with Gasteiger partial charge in [-0.05, 0) is 37.6 Å². The Bertz CT molecular complexity index is 498. The lowest BCUT2D eigenvalue weighted by molar-refractivity contribution is -0.137. The predicted molar refractivity (Wildman–Crippen MR) is 71.7 cm³/mol. The molecule has 0 bridgehead atoms. The highest BCUT2D eigenvalue weighted by atomic mass is 19.4. The smallest absolute Gasteiger partial charge is 0.354 e. The van der Waals surface area contributed by atoms with Crippen molar-refractivity contribution in [1.29, 1.82) is 0 Å². The minimum absolute atomic E-state index is 0.0677. The number of amides is 2. The van der Waals surface area contributed by atoms with Gasteiger partial charge in [0.25, 0.3) is 5.91 Å². The van der Waals surface area contributed by atoms with Gasteiger partial charge in [0.15, 0.2) is 0 Å². The summed E-state index contributed by atoms with van der Waals surface area (Å²) in [5.41, 5.74) is -0.758. The summed E-state index contributed by atoms with van der Waals surface area (Å²) in [5, 5.41) is 5.05. The molecule has 0 aromatic heterocycles. The number of hydrogen-bond acceptors (Lipinski definition) is 2. The number of rotatable bonds is 5. The van der Waals surface area contributed by atoms with Crippen molar-refractivity contribution >= 4 is 11.8 Å². The zero-order valence-electron chi connectivity index (χ0n) is 11.8. The molecule has 0 saturated heterocycles. The standard InChI is InChI=1S/C14H17F3N2O2/c1-3-8-18-12(20)9(2)19-13(21)10-4-6-11(7-5-10)14(15,16)17/h4-7,9H,3,8H2,1-2H3,(H,18,20)(H,19,21)/t9-/m0/s1. The number of hydrogen-bond donors (Lipinski definition) is 2. The highest BCUT2D eigenvalue weighted by molar-refractivity contribution is 5.97. The summed E-state index contributed by atoms with van der Waals surface area (Å²) >= 11 is 0. The van der Waals surface area contributed by atoms with Crippen molar-refractivity contribution in [3.05, 3.63) is 35.4 Å². The normalized spacial score (nSPS) is 12.6. The molecule has 2 amide bonds. The van der Waals surface area contributed by atoms with Crippen LogP contribution in [0.25, 0.3) is 0 Å². The molecule has 1 aromatic carbocycles. The molecule has 0 aliphatic rings. The van der Waals surface area contributed by atoms with Gasteiger partial charge >= 0.3 is 6.18 Å². The lowest BCUT2D eigenvalue weighted by atomic mass is 10.1. The van der Waals surface area contributed by atoms with Crippen LogP contribution >= 0.6 is 0 Å². The fourth-order valence-electron chi connectivity index (χ4n) is 1.56. The lowest BCUT2D eigenvalue weighted by Crippen LogP contribution is -2.45. The lowest BCUT2D eigenvalue weighted by Gasteiger charge is -2.14. The molecule has 21 heavy (non-hydrogen) atoms. The summed E-state index contributed by atoms with van der Waals surface area (Å²) in [6.07, 6.45) is -3.67. The van der Waals surface area contributed by atoms with Crippen molar-refractivity contribution in [1.82, 2.24) is 10.6 Å². The first kappa shape index (κ1) is 17.0. The summed E-state index contributed by atoms with van der Waals surface area (Å²) in [5.74, 6) is -0.931. The van der Waals surface area contributed by atoms with E-state index >= 15 is 0 Å². The molecular formula is C14H17F3N2O2. The minimum Gasteiger partial charge on any atom is -0.354 e. The maximum Gasteiger partial charge on any atom is 0.416 e. The zero-order valence-corrected chi connectivity index (χ0v) is 11.8. The van der Waals surface area contributed by atoms with Gasteiger partial charge in [-0.3, -0.25) is 9.59 Å². The van der Waals surface area contributed by atoms with Crippen molar-refractivity contribution in [2.45, 2.75) is 32.5 Å². The Morgan fingerprint density at radius 1 is 1.19 bits per heavy atom. The Kier molecular flexibility index (Phi) is 5.75. The summed E-state index contributed by atoms with van der Waals surface area (Å²) in [6.45, 7) is 3.90. The van der Waals surface area contributed by atoms with Crippen molar-refractivity contribution in [2.75, 3.05) is 6.54 Å². The van der Waals surface area contributed by atoms with Gasteiger partial charge in [0.2, 0.25) is 5.91 Å². The van der Waals surface area contributed by atoms with E-state index in [1.165, 1.54) is 6.92 Å². The Labute approximate surface area is 120 Å². The highest BCUT2D eigenvalue weighted by Gasteiger charge is 2.30. The van der Waals surface area contributed by atoms with Crippen LogP contribution < -0.4 is 10.6 Å². The van der Waals surface area contributed by atoms with Crippen LogP contribution in [0.1, 0.15) is 36.2 Å². The first-order valence-electron chi connectivity index (χ1n) is 6.51. The van der Waals surface area contributed by atoms with E-state index in [2.05, 4.69) is 10.6 Å². The number of benzene rings is 1. The molecule has 1 atom stereocenters. The molecule has 0 aliphatic carbocycles. The molecule has 1 rings (SSSR count). The topological polar surface area (TPSA) is 58.2 Å². The Morgan fingerprint density at radius 3 is 2.24 bits per heavy atom. The van der Waals surface area contributed by atoms with Crippen LogP contribution in [0, 0.1) is 0 Å².